The third-order valence-electron chi connectivity index (χ3n) is 4.74. The molecule has 1 aromatic rings. The Kier molecular flexibility index (Phi) is 4.82. The lowest BCUT2D eigenvalue weighted by molar-refractivity contribution is -0.146. The van der Waals surface area contributed by atoms with Crippen molar-refractivity contribution in [2.75, 3.05) is 25.1 Å². The van der Waals surface area contributed by atoms with Crippen LogP contribution < -0.4 is 4.90 Å². The number of hydrogen-bond acceptors (Lipinski definition) is 6. The van der Waals surface area contributed by atoms with Crippen LogP contribution in [0.25, 0.3) is 0 Å². The molecule has 12 heteroatoms. The number of likely N-dealkylation sites (N-methyl/N-ethyl adjacent to an activating group) is 1. The van der Waals surface area contributed by atoms with Gasteiger partial charge < -0.3 is 25.0 Å². The molecule has 0 bridgehead atoms. The van der Waals surface area contributed by atoms with Gasteiger partial charge in [-0.15, -0.1) is 0 Å². The highest BCUT2D eigenvalue weighted by Crippen LogP contribution is 2.49. The Morgan fingerprint density at radius 2 is 1.74 bits per heavy atom. The molecule has 0 radical (unpaired) electrons. The van der Waals surface area contributed by atoms with E-state index in [9.17, 15) is 36.6 Å². The van der Waals surface area contributed by atoms with Crippen LogP contribution in [0.3, 0.4) is 0 Å². The highest BCUT2D eigenvalue weighted by Gasteiger charge is 2.52. The average Bonchev–Trinajstić information content (AvgIpc) is 3.06. The highest BCUT2D eigenvalue weighted by atomic mass is 19.4. The Morgan fingerprint density at radius 3 is 2.22 bits per heavy atom. The molecule has 0 aromatic carbocycles. The number of aliphatic hydroxyl groups excluding tert-OH is 3. The van der Waals surface area contributed by atoms with Crippen LogP contribution in [0.4, 0.5) is 32.0 Å². The van der Waals surface area contributed by atoms with Crippen LogP contribution in [-0.4, -0.2) is 58.8 Å². The molecule has 3 rings (SSSR count). The predicted molar refractivity (Wildman–Crippen MR) is 77.9 cm³/mol. The Bertz CT molecular complexity index is 738. The largest absolute Gasteiger partial charge is 0.433 e. The number of aromatic nitrogens is 1. The first-order valence-electron chi connectivity index (χ1n) is 7.92. The summed E-state index contributed by atoms with van der Waals surface area (Å²) in [5.41, 5.74) is -5.34. The number of rotatable bonds is 2. The number of halogens is 6. The van der Waals surface area contributed by atoms with Crippen molar-refractivity contribution in [3.05, 3.63) is 22.5 Å². The molecule has 0 unspecified atom stereocenters. The number of hydrogen-bond donors (Lipinski definition) is 3. The van der Waals surface area contributed by atoms with E-state index in [1.54, 1.807) is 0 Å². The van der Waals surface area contributed by atoms with Crippen LogP contribution in [0.5, 0.6) is 0 Å². The third kappa shape index (κ3) is 3.24. The Morgan fingerprint density at radius 1 is 1.11 bits per heavy atom. The predicted octanol–water partition coefficient (Wildman–Crippen LogP) is 1.27. The summed E-state index contributed by atoms with van der Waals surface area (Å²) >= 11 is 0. The molecular weight excluding hydrogens is 386 g/mol. The molecule has 152 valence electrons. The Hall–Kier alpha value is -1.63. The lowest BCUT2D eigenvalue weighted by Gasteiger charge is -2.26. The maximum Gasteiger partial charge on any atom is 0.433 e. The van der Waals surface area contributed by atoms with Crippen LogP contribution >= 0.6 is 0 Å². The summed E-state index contributed by atoms with van der Waals surface area (Å²) in [5.74, 6) is 0. The van der Waals surface area contributed by atoms with E-state index >= 15 is 0 Å². The third-order valence-corrected chi connectivity index (χ3v) is 4.74. The van der Waals surface area contributed by atoms with E-state index in [0.29, 0.717) is 0 Å². The fourth-order valence-electron chi connectivity index (χ4n) is 3.52. The number of nitrogens with zero attached hydrogens (tertiary/aromatic N) is 2. The van der Waals surface area contributed by atoms with Gasteiger partial charge in [-0.25, -0.2) is 4.98 Å². The van der Waals surface area contributed by atoms with Gasteiger partial charge in [0.2, 0.25) is 0 Å². The molecule has 0 saturated carbocycles. The number of pyridine rings is 1. The van der Waals surface area contributed by atoms with Gasteiger partial charge in [0.1, 0.15) is 35.7 Å². The van der Waals surface area contributed by atoms with Crippen LogP contribution in [0, 0.1) is 0 Å². The standard InChI is InChI=1S/C15H16F6N2O4/c1-23-3-2-5-9(23)7(14(16,17)18)8(22-13(5)15(19,20)21)12-11(26)10(25)6(4-24)27-12/h6,10-12,24-26H,2-4H2,1H3/t6-,10-,11-,12+/m1/s1. The van der Waals surface area contributed by atoms with E-state index in [1.807, 2.05) is 0 Å². The van der Waals surface area contributed by atoms with Gasteiger partial charge in [0.05, 0.1) is 18.0 Å². The fourth-order valence-corrected chi connectivity index (χ4v) is 3.52. The SMILES string of the molecule is CN1CCc2c(C(F)(F)F)nc([C@@H]3O[C@H](CO)[C@@H](O)[C@H]3O)c(C(F)(F)F)c21. The smallest absolute Gasteiger partial charge is 0.394 e. The molecule has 0 aliphatic carbocycles. The molecule has 2 aliphatic heterocycles. The van der Waals surface area contributed by atoms with E-state index in [4.69, 9.17) is 9.84 Å². The summed E-state index contributed by atoms with van der Waals surface area (Å²) < 4.78 is 86.6. The molecule has 3 N–H and O–H groups in total. The van der Waals surface area contributed by atoms with Gasteiger partial charge in [0.15, 0.2) is 0 Å². The molecule has 1 aromatic heterocycles. The van der Waals surface area contributed by atoms with Crippen molar-refractivity contribution in [1.29, 1.82) is 0 Å². The van der Waals surface area contributed by atoms with E-state index in [1.165, 1.54) is 7.05 Å². The fraction of sp³-hybridized carbons (Fsp3) is 0.667. The molecule has 1 saturated heterocycles. The first-order chi connectivity index (χ1) is 12.4. The molecule has 1 fully saturated rings. The molecule has 0 amide bonds. The van der Waals surface area contributed by atoms with Crippen molar-refractivity contribution in [3.63, 3.8) is 0 Å². The monoisotopic (exact) mass is 402 g/mol. The summed E-state index contributed by atoms with van der Waals surface area (Å²) in [6.45, 7) is -0.907. The summed E-state index contributed by atoms with van der Waals surface area (Å²) in [6, 6.07) is 0. The molecule has 27 heavy (non-hydrogen) atoms. The van der Waals surface area contributed by atoms with E-state index in [-0.39, 0.29) is 13.0 Å². The van der Waals surface area contributed by atoms with Crippen molar-refractivity contribution in [3.8, 4) is 0 Å². The minimum Gasteiger partial charge on any atom is -0.394 e. The summed E-state index contributed by atoms with van der Waals surface area (Å²) in [4.78, 5) is 4.24. The average molecular weight is 402 g/mol. The molecule has 3 heterocycles. The van der Waals surface area contributed by atoms with Crippen molar-refractivity contribution in [1.82, 2.24) is 4.98 Å². The number of aliphatic hydroxyl groups is 3. The van der Waals surface area contributed by atoms with Gasteiger partial charge >= 0.3 is 12.4 Å². The highest BCUT2D eigenvalue weighted by molar-refractivity contribution is 5.67. The van der Waals surface area contributed by atoms with Crippen LogP contribution in [0.15, 0.2) is 0 Å². The summed E-state index contributed by atoms with van der Waals surface area (Å²) in [5, 5.41) is 28.9. The number of anilines is 1. The zero-order valence-electron chi connectivity index (χ0n) is 13.8. The van der Waals surface area contributed by atoms with Crippen molar-refractivity contribution in [2.45, 2.75) is 43.2 Å². The molecular formula is C15H16F6N2O4. The first kappa shape index (κ1) is 20.1. The van der Waals surface area contributed by atoms with E-state index in [0.717, 1.165) is 4.90 Å². The van der Waals surface area contributed by atoms with Gasteiger partial charge in [-0.2, -0.15) is 26.3 Å². The lowest BCUT2D eigenvalue weighted by atomic mass is 9.97. The second-order valence-corrected chi connectivity index (χ2v) is 6.47. The molecule has 2 aliphatic rings. The normalized spacial score (nSPS) is 28.7. The second-order valence-electron chi connectivity index (χ2n) is 6.47. The van der Waals surface area contributed by atoms with Gasteiger partial charge in [-0.1, -0.05) is 0 Å². The van der Waals surface area contributed by atoms with E-state index < -0.39 is 71.6 Å². The van der Waals surface area contributed by atoms with Crippen LogP contribution in [0.2, 0.25) is 0 Å². The maximum atomic E-state index is 13.8. The minimum absolute atomic E-state index is 0.0669. The van der Waals surface area contributed by atoms with E-state index in [2.05, 4.69) is 4.98 Å². The van der Waals surface area contributed by atoms with Crippen molar-refractivity contribution < 1.29 is 46.4 Å². The summed E-state index contributed by atoms with van der Waals surface area (Å²) in [7, 11) is 1.22. The zero-order chi connectivity index (χ0) is 20.3. The molecule has 6 nitrogen and oxygen atoms in total. The zero-order valence-corrected chi connectivity index (χ0v) is 13.8. The first-order valence-corrected chi connectivity index (χ1v) is 7.92. The molecule has 0 spiro atoms. The number of alkyl halides is 6. The topological polar surface area (TPSA) is 86.1 Å². The minimum atomic E-state index is -5.08. The quantitative estimate of drug-likeness (QED) is 0.646. The number of fused-ring (bicyclic) bond motifs is 1. The van der Waals surface area contributed by atoms with Crippen molar-refractivity contribution >= 4 is 5.69 Å². The van der Waals surface area contributed by atoms with Gasteiger partial charge in [0, 0.05) is 19.2 Å². The van der Waals surface area contributed by atoms with Gasteiger partial charge in [-0.05, 0) is 6.42 Å². The second kappa shape index (κ2) is 6.47. The maximum absolute atomic E-state index is 13.8. The Balaban J connectivity index is 2.29. The van der Waals surface area contributed by atoms with Crippen LogP contribution in [-0.2, 0) is 23.5 Å². The van der Waals surface area contributed by atoms with Gasteiger partial charge in [-0.3, -0.25) is 0 Å². The lowest BCUT2D eigenvalue weighted by Crippen LogP contribution is -2.33. The Labute approximate surface area is 149 Å². The number of ether oxygens (including phenoxy) is 1. The van der Waals surface area contributed by atoms with Crippen LogP contribution in [0.1, 0.15) is 28.6 Å². The van der Waals surface area contributed by atoms with Gasteiger partial charge in [0.25, 0.3) is 0 Å². The van der Waals surface area contributed by atoms with Crippen molar-refractivity contribution in [2.24, 2.45) is 0 Å². The molecule has 4 atom stereocenters. The summed E-state index contributed by atoms with van der Waals surface area (Å²) in [6.07, 6.45) is -17.6.